The molecule has 2 N–H and O–H groups in total. The first kappa shape index (κ1) is 21.0. The van der Waals surface area contributed by atoms with Crippen LogP contribution in [0.2, 0.25) is 0 Å². The van der Waals surface area contributed by atoms with Crippen molar-refractivity contribution in [2.45, 2.75) is 11.4 Å². The molecule has 0 aliphatic carbocycles. The van der Waals surface area contributed by atoms with E-state index in [9.17, 15) is 19.5 Å². The van der Waals surface area contributed by atoms with Crippen molar-refractivity contribution in [2.75, 3.05) is 17.3 Å². The van der Waals surface area contributed by atoms with E-state index in [1.165, 1.54) is 46.0 Å². The highest BCUT2D eigenvalue weighted by atomic mass is 32.2. The third-order valence-corrected chi connectivity index (χ3v) is 6.46. The van der Waals surface area contributed by atoms with E-state index in [1.54, 1.807) is 5.41 Å². The maximum absolute atomic E-state index is 12.4. The predicted octanol–water partition coefficient (Wildman–Crippen LogP) is 1.27. The molecule has 0 bridgehead atoms. The Morgan fingerprint density at radius 2 is 1.96 bits per heavy atom. The van der Waals surface area contributed by atoms with Crippen LogP contribution in [0.3, 0.4) is 0 Å². The van der Waals surface area contributed by atoms with Crippen molar-refractivity contribution in [1.82, 2.24) is 10.2 Å². The number of allylic oxidation sites excluding steroid dienone is 2. The Labute approximate surface area is 168 Å². The second kappa shape index (κ2) is 10.1. The van der Waals surface area contributed by atoms with Gasteiger partial charge in [-0.05, 0) is 16.4 Å². The molecule has 2 aliphatic heterocycles. The fraction of sp³-hybridized carbons (Fsp3) is 0.312. The summed E-state index contributed by atoms with van der Waals surface area (Å²) < 4.78 is 0. The average Bonchev–Trinajstić information content (AvgIpc) is 2.65. The van der Waals surface area contributed by atoms with Gasteiger partial charge in [-0.3, -0.25) is 14.5 Å². The number of amides is 2. The minimum Gasteiger partial charge on any atom is -0.477 e. The summed E-state index contributed by atoms with van der Waals surface area (Å²) >= 11 is 3.81. The fourth-order valence-electron chi connectivity index (χ4n) is 2.44. The zero-order valence-corrected chi connectivity index (χ0v) is 16.3. The van der Waals surface area contributed by atoms with Gasteiger partial charge in [0.1, 0.15) is 17.1 Å². The summed E-state index contributed by atoms with van der Waals surface area (Å²) in [6, 6.07) is 2.90. The van der Waals surface area contributed by atoms with Gasteiger partial charge in [0.05, 0.1) is 17.9 Å². The van der Waals surface area contributed by atoms with E-state index in [1.807, 2.05) is 12.1 Å². The van der Waals surface area contributed by atoms with Gasteiger partial charge in [0.25, 0.3) is 5.91 Å². The predicted molar refractivity (Wildman–Crippen MR) is 104 cm³/mol. The molecule has 0 aromatic carbocycles. The molecular weight excluding hydrogens is 408 g/mol. The molecule has 140 valence electrons. The number of carboxylic acids is 1. The number of carbonyl (C=O) groups excluding carboxylic acids is 2. The van der Waals surface area contributed by atoms with E-state index in [4.69, 9.17) is 10.5 Å². The SMILES string of the molecule is N#CC=CSCC(=O)NC1C(=O)N2C(C(=O)O)=C(CSC=CC#N)CS[C@@H]12. The molecular formula is C16H14N4O4S3. The zero-order valence-electron chi connectivity index (χ0n) is 13.8. The number of nitriles is 2. The second-order valence-electron chi connectivity index (χ2n) is 5.20. The van der Waals surface area contributed by atoms with Gasteiger partial charge in [-0.1, -0.05) is 0 Å². The molecule has 1 unspecified atom stereocenters. The molecule has 1 saturated heterocycles. The molecule has 11 heteroatoms. The summed E-state index contributed by atoms with van der Waals surface area (Å²) in [5.41, 5.74) is 0.560. The monoisotopic (exact) mass is 422 g/mol. The van der Waals surface area contributed by atoms with Crippen LogP contribution >= 0.6 is 35.3 Å². The lowest BCUT2D eigenvalue weighted by molar-refractivity contribution is -0.150. The van der Waals surface area contributed by atoms with Gasteiger partial charge in [0.15, 0.2) is 0 Å². The molecule has 2 amide bonds. The number of carbonyl (C=O) groups is 3. The van der Waals surface area contributed by atoms with E-state index < -0.39 is 23.3 Å². The van der Waals surface area contributed by atoms with Crippen molar-refractivity contribution < 1.29 is 19.5 Å². The Bertz CT molecular complexity index is 809. The number of aliphatic carboxylic acids is 1. The molecule has 8 nitrogen and oxygen atoms in total. The van der Waals surface area contributed by atoms with Crippen LogP contribution in [-0.4, -0.2) is 56.5 Å². The number of carboxylic acid groups (broad SMARTS) is 1. The normalized spacial score (nSPS) is 21.6. The van der Waals surface area contributed by atoms with Gasteiger partial charge in [-0.15, -0.1) is 35.3 Å². The molecule has 27 heavy (non-hydrogen) atoms. The highest BCUT2D eigenvalue weighted by Gasteiger charge is 2.54. The Hall–Kier alpha value is -2.34. The molecule has 2 aliphatic rings. The van der Waals surface area contributed by atoms with Crippen molar-refractivity contribution in [1.29, 1.82) is 10.5 Å². The summed E-state index contributed by atoms with van der Waals surface area (Å²) in [6.07, 6.45) is 2.55. The number of rotatable bonds is 8. The quantitative estimate of drug-likeness (QED) is 0.438. The van der Waals surface area contributed by atoms with E-state index in [0.717, 1.165) is 11.8 Å². The summed E-state index contributed by atoms with van der Waals surface area (Å²) in [7, 11) is 0. The number of nitrogens with zero attached hydrogens (tertiary/aromatic N) is 3. The number of fused-ring (bicyclic) bond motifs is 1. The van der Waals surface area contributed by atoms with Crippen LogP contribution in [0.1, 0.15) is 0 Å². The molecule has 1 fully saturated rings. The van der Waals surface area contributed by atoms with E-state index in [0.29, 0.717) is 17.1 Å². The molecule has 0 radical (unpaired) electrons. The van der Waals surface area contributed by atoms with Gasteiger partial charge in [-0.25, -0.2) is 4.79 Å². The number of hydrogen-bond donors (Lipinski definition) is 2. The Kier molecular flexibility index (Phi) is 7.85. The van der Waals surface area contributed by atoms with Crippen molar-refractivity contribution >= 4 is 53.1 Å². The molecule has 2 heterocycles. The fourth-order valence-corrected chi connectivity index (χ4v) is 5.10. The lowest BCUT2D eigenvalue weighted by Gasteiger charge is -2.49. The van der Waals surface area contributed by atoms with E-state index in [2.05, 4.69) is 5.32 Å². The number of β-lactam (4-membered cyclic amide) rings is 1. The van der Waals surface area contributed by atoms with Crippen molar-refractivity contribution in [3.8, 4) is 12.1 Å². The molecule has 2 rings (SSSR count). The standard InChI is InChI=1S/C16H14N4O4S3/c17-3-1-5-25-7-10-8-27-15-12(14(22)20(15)13(10)16(23)24)19-11(21)9-26-6-2-4-18/h1-2,5-6,12,15H,7-9H2,(H,19,21)(H,23,24)/t12?,15-/m0/s1. The van der Waals surface area contributed by atoms with Crippen molar-refractivity contribution in [2.24, 2.45) is 0 Å². The summed E-state index contributed by atoms with van der Waals surface area (Å²) in [5, 5.41) is 31.6. The van der Waals surface area contributed by atoms with Crippen molar-refractivity contribution in [3.05, 3.63) is 34.2 Å². The van der Waals surface area contributed by atoms with Crippen LogP contribution in [0.15, 0.2) is 34.2 Å². The Morgan fingerprint density at radius 3 is 2.59 bits per heavy atom. The zero-order chi connectivity index (χ0) is 19.8. The van der Waals surface area contributed by atoms with Crippen molar-refractivity contribution in [3.63, 3.8) is 0 Å². The third-order valence-electron chi connectivity index (χ3n) is 3.52. The van der Waals surface area contributed by atoms with Crippen LogP contribution < -0.4 is 5.32 Å². The van der Waals surface area contributed by atoms with Crippen LogP contribution in [0.25, 0.3) is 0 Å². The maximum atomic E-state index is 12.4. The van der Waals surface area contributed by atoms with Gasteiger partial charge in [0, 0.05) is 23.7 Å². The van der Waals surface area contributed by atoms with Crippen LogP contribution in [0.4, 0.5) is 0 Å². The number of thioether (sulfide) groups is 3. The van der Waals surface area contributed by atoms with Gasteiger partial charge in [-0.2, -0.15) is 10.5 Å². The molecule has 0 saturated carbocycles. The second-order valence-corrected chi connectivity index (χ2v) is 8.09. The first-order valence-corrected chi connectivity index (χ1v) is 10.7. The van der Waals surface area contributed by atoms with Gasteiger partial charge < -0.3 is 10.4 Å². The smallest absolute Gasteiger partial charge is 0.352 e. The first-order valence-electron chi connectivity index (χ1n) is 7.53. The molecule has 0 aromatic rings. The molecule has 0 spiro atoms. The third kappa shape index (κ3) is 5.10. The summed E-state index contributed by atoms with van der Waals surface area (Å²) in [4.78, 5) is 37.2. The lowest BCUT2D eigenvalue weighted by atomic mass is 10.0. The van der Waals surface area contributed by atoms with Gasteiger partial charge in [0.2, 0.25) is 5.91 Å². The highest BCUT2D eigenvalue weighted by molar-refractivity contribution is 8.03. The number of nitrogens with one attached hydrogen (secondary N) is 1. The largest absolute Gasteiger partial charge is 0.477 e. The summed E-state index contributed by atoms with van der Waals surface area (Å²) in [6.45, 7) is 0. The number of hydrogen-bond acceptors (Lipinski definition) is 8. The van der Waals surface area contributed by atoms with Crippen LogP contribution in [0, 0.1) is 22.7 Å². The Morgan fingerprint density at radius 1 is 1.30 bits per heavy atom. The maximum Gasteiger partial charge on any atom is 0.352 e. The minimum absolute atomic E-state index is 0.0431. The average molecular weight is 423 g/mol. The Balaban J connectivity index is 2.02. The molecule has 2 atom stereocenters. The van der Waals surface area contributed by atoms with Gasteiger partial charge >= 0.3 is 5.97 Å². The van der Waals surface area contributed by atoms with Crippen LogP contribution in [-0.2, 0) is 14.4 Å². The van der Waals surface area contributed by atoms with E-state index in [-0.39, 0.29) is 17.4 Å². The lowest BCUT2D eigenvalue weighted by Crippen LogP contribution is -2.70. The summed E-state index contributed by atoms with van der Waals surface area (Å²) in [5.74, 6) is -1.14. The van der Waals surface area contributed by atoms with E-state index >= 15 is 0 Å². The topological polar surface area (TPSA) is 134 Å². The molecule has 0 aromatic heterocycles. The first-order chi connectivity index (χ1) is 13.0. The highest BCUT2D eigenvalue weighted by Crippen LogP contribution is 2.41. The minimum atomic E-state index is -1.18. The van der Waals surface area contributed by atoms with Crippen LogP contribution in [0.5, 0.6) is 0 Å².